The van der Waals surface area contributed by atoms with Crippen molar-refractivity contribution in [3.8, 4) is 0 Å². The Balaban J connectivity index is 3.58. The first-order valence-electron chi connectivity index (χ1n) is 5.94. The molecule has 1 amide bonds. The van der Waals surface area contributed by atoms with Gasteiger partial charge in [-0.1, -0.05) is 12.2 Å². The second-order valence-corrected chi connectivity index (χ2v) is 7.75. The number of halogens is 4. The molecule has 8 heteroatoms. The van der Waals surface area contributed by atoms with Crippen molar-refractivity contribution in [3.63, 3.8) is 0 Å². The van der Waals surface area contributed by atoms with Gasteiger partial charge in [0.2, 0.25) is 0 Å². The van der Waals surface area contributed by atoms with Crippen LogP contribution in [-0.4, -0.2) is 29.1 Å². The van der Waals surface area contributed by atoms with E-state index >= 15 is 0 Å². The zero-order valence-electron chi connectivity index (χ0n) is 11.3. The molecule has 22 heavy (non-hydrogen) atoms. The number of hydrogen-bond donors (Lipinski definition) is 1. The molecule has 0 unspecified atom stereocenters. The average Bonchev–Trinajstić information content (AvgIpc) is 2.44. The molecule has 0 saturated heterocycles. The number of rotatable bonds is 6. The van der Waals surface area contributed by atoms with Crippen LogP contribution < -0.4 is 5.73 Å². The fourth-order valence-electron chi connectivity index (χ4n) is 1.75. The van der Waals surface area contributed by atoms with Crippen molar-refractivity contribution in [2.75, 3.05) is 18.8 Å². The molecule has 0 aliphatic heterocycles. The second-order valence-electron chi connectivity index (χ2n) is 4.17. The minimum Gasteiger partial charge on any atom is -0.397 e. The maximum absolute atomic E-state index is 12.8. The van der Waals surface area contributed by atoms with Gasteiger partial charge in [0.25, 0.3) is 11.1 Å². The summed E-state index contributed by atoms with van der Waals surface area (Å²) in [5, 5.41) is -0.634. The van der Waals surface area contributed by atoms with Gasteiger partial charge in [0.05, 0.1) is 24.0 Å². The molecule has 1 rings (SSSR count). The molecule has 0 fully saturated rings. The highest BCUT2D eigenvalue weighted by atomic mass is 127. The summed E-state index contributed by atoms with van der Waals surface area (Å²) in [7, 11) is 0. The Hall–Kier alpha value is 0.120. The Morgan fingerprint density at radius 2 is 1.50 bits per heavy atom. The largest absolute Gasteiger partial charge is 0.397 e. The van der Waals surface area contributed by atoms with Gasteiger partial charge >= 0.3 is 0 Å². The fraction of sp³-hybridized carbons (Fsp3) is 0.143. The van der Waals surface area contributed by atoms with Gasteiger partial charge in [0, 0.05) is 16.7 Å². The van der Waals surface area contributed by atoms with Crippen molar-refractivity contribution < 1.29 is 9.59 Å². The van der Waals surface area contributed by atoms with Crippen LogP contribution in [0.2, 0.25) is 0 Å². The summed E-state index contributed by atoms with van der Waals surface area (Å²) in [4.78, 5) is 26.1. The van der Waals surface area contributed by atoms with E-state index in [1.807, 2.05) is 67.8 Å². The maximum atomic E-state index is 12.8. The minimum atomic E-state index is -0.634. The van der Waals surface area contributed by atoms with Gasteiger partial charge in [-0.25, -0.2) is 0 Å². The van der Waals surface area contributed by atoms with E-state index in [2.05, 4.69) is 13.2 Å². The predicted octanol–water partition coefficient (Wildman–Crippen LogP) is 4.28. The molecule has 1 aromatic rings. The number of amides is 1. The van der Waals surface area contributed by atoms with Crippen LogP contribution in [-0.2, 0) is 0 Å². The molecular formula is C14H12ClI3N2O2. The van der Waals surface area contributed by atoms with Crippen LogP contribution in [0.25, 0.3) is 0 Å². The third kappa shape index (κ3) is 4.15. The van der Waals surface area contributed by atoms with Crippen LogP contribution in [0.4, 0.5) is 5.69 Å². The molecular weight excluding hydrogens is 644 g/mol. The molecule has 0 atom stereocenters. The van der Waals surface area contributed by atoms with Crippen LogP contribution >= 0.6 is 79.4 Å². The average molecular weight is 656 g/mol. The Bertz CT molecular complexity index is 652. The van der Waals surface area contributed by atoms with Gasteiger partial charge in [-0.05, 0) is 79.4 Å². The quantitative estimate of drug-likeness (QED) is 0.216. The second kappa shape index (κ2) is 8.83. The topological polar surface area (TPSA) is 63.4 Å². The van der Waals surface area contributed by atoms with Crippen molar-refractivity contribution in [1.82, 2.24) is 4.90 Å². The first kappa shape index (κ1) is 20.2. The summed E-state index contributed by atoms with van der Waals surface area (Å²) in [6, 6.07) is 0. The highest BCUT2D eigenvalue weighted by Gasteiger charge is 2.28. The number of carbonyl (C=O) groups excluding carboxylic acids is 2. The molecule has 0 heterocycles. The number of nitrogens with two attached hydrogens (primary N) is 1. The summed E-state index contributed by atoms with van der Waals surface area (Å²) in [6.07, 6.45) is 3.26. The van der Waals surface area contributed by atoms with Crippen LogP contribution in [0, 0.1) is 10.7 Å². The highest BCUT2D eigenvalue weighted by Crippen LogP contribution is 2.35. The van der Waals surface area contributed by atoms with Crippen molar-refractivity contribution >= 4 is 96.2 Å². The van der Waals surface area contributed by atoms with Crippen LogP contribution in [0.1, 0.15) is 20.7 Å². The Labute approximate surface area is 174 Å². The lowest BCUT2D eigenvalue weighted by Gasteiger charge is -2.22. The standard InChI is InChI=1S/C14H12ClI3N2O2/c1-3-5-20(6-4-2)14(22)8-9(16)7(13(15)21)10(17)12(19)11(8)18/h3-4H,1-2,5-6,19H2. The van der Waals surface area contributed by atoms with Gasteiger partial charge in [0.1, 0.15) is 0 Å². The molecule has 0 aliphatic rings. The van der Waals surface area contributed by atoms with E-state index in [0.29, 0.717) is 35.1 Å². The first-order chi connectivity index (χ1) is 10.3. The zero-order chi connectivity index (χ0) is 17.0. The van der Waals surface area contributed by atoms with E-state index in [4.69, 9.17) is 17.3 Å². The van der Waals surface area contributed by atoms with E-state index in [9.17, 15) is 9.59 Å². The van der Waals surface area contributed by atoms with E-state index in [1.54, 1.807) is 17.1 Å². The number of nitrogen functional groups attached to an aromatic ring is 1. The summed E-state index contributed by atoms with van der Waals surface area (Å²) < 4.78 is 1.67. The molecule has 0 spiro atoms. The lowest BCUT2D eigenvalue weighted by Crippen LogP contribution is -2.33. The van der Waals surface area contributed by atoms with E-state index < -0.39 is 5.24 Å². The summed E-state index contributed by atoms with van der Waals surface area (Å²) in [5.74, 6) is -0.240. The van der Waals surface area contributed by atoms with Crippen molar-refractivity contribution in [3.05, 3.63) is 47.1 Å². The molecule has 4 nitrogen and oxygen atoms in total. The molecule has 118 valence electrons. The van der Waals surface area contributed by atoms with E-state index in [1.165, 1.54) is 0 Å². The van der Waals surface area contributed by atoms with Gasteiger partial charge in [0.15, 0.2) is 0 Å². The summed E-state index contributed by atoms with van der Waals surface area (Å²) in [5.41, 5.74) is 7.06. The fourth-order valence-corrected chi connectivity index (χ4v) is 6.38. The smallest absolute Gasteiger partial charge is 0.256 e. The normalized spacial score (nSPS) is 10.2. The molecule has 0 radical (unpaired) electrons. The number of nitrogens with zero attached hydrogens (tertiary/aromatic N) is 1. The lowest BCUT2D eigenvalue weighted by atomic mass is 10.1. The minimum absolute atomic E-state index is 0.240. The monoisotopic (exact) mass is 656 g/mol. The SMILES string of the molecule is C=CCN(CC=C)C(=O)c1c(I)c(N)c(I)c(C(=O)Cl)c1I. The molecule has 0 aromatic heterocycles. The Morgan fingerprint density at radius 3 is 1.91 bits per heavy atom. The summed E-state index contributed by atoms with van der Waals surface area (Å²) in [6.45, 7) is 8.03. The molecule has 2 N–H and O–H groups in total. The van der Waals surface area contributed by atoms with Crippen molar-refractivity contribution in [2.45, 2.75) is 0 Å². The van der Waals surface area contributed by atoms with Crippen molar-refractivity contribution in [2.24, 2.45) is 0 Å². The zero-order valence-corrected chi connectivity index (χ0v) is 18.6. The highest BCUT2D eigenvalue weighted by molar-refractivity contribution is 14.1. The Kier molecular flexibility index (Phi) is 8.09. The lowest BCUT2D eigenvalue weighted by molar-refractivity contribution is 0.0789. The van der Waals surface area contributed by atoms with Gasteiger partial charge in [-0.3, -0.25) is 9.59 Å². The van der Waals surface area contributed by atoms with E-state index in [-0.39, 0.29) is 11.5 Å². The molecule has 1 aromatic carbocycles. The van der Waals surface area contributed by atoms with Crippen LogP contribution in [0.5, 0.6) is 0 Å². The van der Waals surface area contributed by atoms with Gasteiger partial charge in [-0.15, -0.1) is 13.2 Å². The third-order valence-corrected chi connectivity index (χ3v) is 6.26. The molecule has 0 aliphatic carbocycles. The first-order valence-corrected chi connectivity index (χ1v) is 9.56. The summed E-state index contributed by atoms with van der Waals surface area (Å²) >= 11 is 11.6. The van der Waals surface area contributed by atoms with Crippen LogP contribution in [0.15, 0.2) is 25.3 Å². The number of benzene rings is 1. The van der Waals surface area contributed by atoms with Crippen molar-refractivity contribution in [1.29, 1.82) is 0 Å². The van der Waals surface area contributed by atoms with E-state index in [0.717, 1.165) is 0 Å². The van der Waals surface area contributed by atoms with Crippen LogP contribution in [0.3, 0.4) is 0 Å². The maximum Gasteiger partial charge on any atom is 0.256 e. The van der Waals surface area contributed by atoms with Gasteiger partial charge in [-0.2, -0.15) is 0 Å². The Morgan fingerprint density at radius 1 is 1.05 bits per heavy atom. The third-order valence-electron chi connectivity index (χ3n) is 2.75. The van der Waals surface area contributed by atoms with Gasteiger partial charge < -0.3 is 10.6 Å². The number of anilines is 1. The molecule has 0 saturated carbocycles. The number of carbonyl (C=O) groups is 2. The number of hydrogen-bond acceptors (Lipinski definition) is 3. The predicted molar refractivity (Wildman–Crippen MR) is 115 cm³/mol. The molecule has 0 bridgehead atoms.